The lowest BCUT2D eigenvalue weighted by Crippen LogP contribution is -2.64. The lowest BCUT2D eigenvalue weighted by molar-refractivity contribution is -0.120. The van der Waals surface area contributed by atoms with Gasteiger partial charge in [0.25, 0.3) is 0 Å². The molecule has 3 heterocycles. The Morgan fingerprint density at radius 3 is 2.45 bits per heavy atom. The van der Waals surface area contributed by atoms with Crippen LogP contribution in [0.15, 0.2) is 32.9 Å². The quantitative estimate of drug-likeness (QED) is 0.712. The van der Waals surface area contributed by atoms with E-state index in [9.17, 15) is 13.2 Å². The van der Waals surface area contributed by atoms with Gasteiger partial charge in [0.15, 0.2) is 11.6 Å². The number of ketones is 1. The van der Waals surface area contributed by atoms with Crippen LogP contribution in [0.1, 0.15) is 66.7 Å². The summed E-state index contributed by atoms with van der Waals surface area (Å²) in [6, 6.07) is -0.118. The Labute approximate surface area is 185 Å². The molecule has 2 aliphatic carbocycles. The summed E-state index contributed by atoms with van der Waals surface area (Å²) in [6.07, 6.45) is 4.08. The van der Waals surface area contributed by atoms with E-state index in [-0.39, 0.29) is 28.4 Å². The minimum absolute atomic E-state index is 0.0437. The maximum absolute atomic E-state index is 13.4. The van der Waals surface area contributed by atoms with Crippen LogP contribution in [0.5, 0.6) is 0 Å². The number of allylic oxidation sites excluding steroid dienone is 1. The lowest BCUT2D eigenvalue weighted by atomic mass is 9.59. The number of Topliss-reactive ketones (excluding diaryl/α,β-unsaturated/α-hetero) is 1. The summed E-state index contributed by atoms with van der Waals surface area (Å²) >= 11 is 0. The zero-order valence-electron chi connectivity index (χ0n) is 19.3. The fraction of sp³-hybridized carbons (Fsp3) is 0.783. The molecule has 0 aromatic carbocycles. The van der Waals surface area contributed by atoms with Gasteiger partial charge in [-0.15, -0.1) is 5.11 Å². The Morgan fingerprint density at radius 1 is 1.16 bits per heavy atom. The number of nitrogens with zero attached hydrogens (tertiary/aromatic N) is 3. The van der Waals surface area contributed by atoms with Gasteiger partial charge in [-0.1, -0.05) is 34.6 Å². The Balaban J connectivity index is 1.54. The third kappa shape index (κ3) is 3.59. The number of hydrogen-bond acceptors (Lipinski definition) is 6. The van der Waals surface area contributed by atoms with Crippen LogP contribution in [0, 0.1) is 22.2 Å². The predicted molar refractivity (Wildman–Crippen MR) is 118 cm³/mol. The van der Waals surface area contributed by atoms with Gasteiger partial charge < -0.3 is 5.32 Å². The topological polar surface area (TPSA) is 91.2 Å². The smallest absolute Gasteiger partial charge is 0.214 e. The van der Waals surface area contributed by atoms with Crippen LogP contribution in [0.25, 0.3) is 0 Å². The van der Waals surface area contributed by atoms with Gasteiger partial charge in [0.1, 0.15) is 0 Å². The number of rotatable bonds is 4. The molecule has 1 saturated carbocycles. The molecule has 5 rings (SSSR count). The minimum atomic E-state index is -3.30. The molecule has 0 amide bonds. The monoisotopic (exact) mass is 446 g/mol. The van der Waals surface area contributed by atoms with E-state index in [0.29, 0.717) is 25.4 Å². The molecule has 0 aromatic rings. The Hall–Kier alpha value is -1.54. The highest BCUT2D eigenvalue weighted by Crippen LogP contribution is 2.57. The van der Waals surface area contributed by atoms with Gasteiger partial charge in [0, 0.05) is 36.4 Å². The molecule has 8 heteroatoms. The number of fused-ring (bicyclic) bond motifs is 2. The maximum atomic E-state index is 13.4. The molecule has 5 aliphatic rings. The predicted octanol–water partition coefficient (Wildman–Crippen LogP) is 3.76. The fourth-order valence-corrected chi connectivity index (χ4v) is 7.76. The number of hydrogen-bond donors (Lipinski definition) is 1. The molecule has 2 fully saturated rings. The van der Waals surface area contributed by atoms with E-state index in [0.717, 1.165) is 48.3 Å². The van der Waals surface area contributed by atoms with Crippen molar-refractivity contribution in [2.45, 2.75) is 72.8 Å². The standard InChI is InChI=1S/C23H34N4O3S/c1-21(2,3)8-16-19-20(26-25-16)24-15-9-22(4,5)10-17(28)18(15)23(19)12-27(13-23)31(29,30)11-14-6-7-14/h14,16,24H,6-13H2,1-5H3. The van der Waals surface area contributed by atoms with Crippen LogP contribution in [0.4, 0.5) is 0 Å². The molecule has 1 spiro atoms. The van der Waals surface area contributed by atoms with E-state index < -0.39 is 15.4 Å². The van der Waals surface area contributed by atoms with Crippen LogP contribution in [0.2, 0.25) is 0 Å². The summed E-state index contributed by atoms with van der Waals surface area (Å²) in [5, 5.41) is 12.5. The fourth-order valence-electron chi connectivity index (χ4n) is 5.79. The van der Waals surface area contributed by atoms with Gasteiger partial charge in [-0.05, 0) is 42.4 Å². The second-order valence-electron chi connectivity index (χ2n) is 12.2. The van der Waals surface area contributed by atoms with Crippen LogP contribution in [0.3, 0.4) is 0 Å². The molecule has 31 heavy (non-hydrogen) atoms. The Morgan fingerprint density at radius 2 is 1.84 bits per heavy atom. The number of dihydropyridines is 1. The summed E-state index contributed by atoms with van der Waals surface area (Å²) in [7, 11) is -3.30. The molecular weight excluding hydrogens is 412 g/mol. The van der Waals surface area contributed by atoms with Crippen molar-refractivity contribution in [2.24, 2.45) is 32.4 Å². The first-order valence-electron chi connectivity index (χ1n) is 11.5. The molecule has 0 bridgehead atoms. The number of sulfonamides is 1. The molecule has 3 aliphatic heterocycles. The van der Waals surface area contributed by atoms with Gasteiger partial charge in [-0.25, -0.2) is 8.42 Å². The molecule has 1 atom stereocenters. The van der Waals surface area contributed by atoms with Gasteiger partial charge in [-0.3, -0.25) is 4.79 Å². The van der Waals surface area contributed by atoms with E-state index in [1.165, 1.54) is 0 Å². The number of carbonyl (C=O) groups excluding carboxylic acids is 1. The van der Waals surface area contributed by atoms with E-state index in [2.05, 4.69) is 50.2 Å². The van der Waals surface area contributed by atoms with Crippen molar-refractivity contribution in [1.82, 2.24) is 9.62 Å². The largest absolute Gasteiger partial charge is 0.342 e. The van der Waals surface area contributed by atoms with E-state index in [4.69, 9.17) is 0 Å². The van der Waals surface area contributed by atoms with Gasteiger partial charge in [0.2, 0.25) is 10.0 Å². The van der Waals surface area contributed by atoms with Crippen molar-refractivity contribution in [2.75, 3.05) is 18.8 Å². The Kier molecular flexibility index (Phi) is 4.47. The van der Waals surface area contributed by atoms with Gasteiger partial charge in [0.05, 0.1) is 17.2 Å². The molecule has 1 N–H and O–H groups in total. The van der Waals surface area contributed by atoms with Crippen molar-refractivity contribution in [3.63, 3.8) is 0 Å². The molecule has 1 unspecified atom stereocenters. The first-order valence-corrected chi connectivity index (χ1v) is 13.1. The SMILES string of the molecule is CC(C)(C)CC1N=NC2=C1C1(CN(S(=O)(=O)CC3CC3)C1)C1=C(CC(C)(C)CC1=O)N2. The molecule has 1 saturated heterocycles. The summed E-state index contributed by atoms with van der Waals surface area (Å²) in [5.74, 6) is 1.44. The molecule has 0 aromatic heterocycles. The number of nitrogens with one attached hydrogen (secondary N) is 1. The van der Waals surface area contributed by atoms with E-state index in [1.807, 2.05) is 0 Å². The minimum Gasteiger partial charge on any atom is -0.342 e. The zero-order valence-corrected chi connectivity index (χ0v) is 20.1. The summed E-state index contributed by atoms with van der Waals surface area (Å²) in [5.41, 5.74) is 2.10. The van der Waals surface area contributed by atoms with Crippen molar-refractivity contribution in [1.29, 1.82) is 0 Å². The molecule has 0 radical (unpaired) electrons. The van der Waals surface area contributed by atoms with Gasteiger partial charge >= 0.3 is 0 Å². The Bertz CT molecular complexity index is 1040. The summed E-state index contributed by atoms with van der Waals surface area (Å²) in [4.78, 5) is 13.4. The first kappa shape index (κ1) is 21.3. The van der Waals surface area contributed by atoms with E-state index in [1.54, 1.807) is 4.31 Å². The highest BCUT2D eigenvalue weighted by atomic mass is 32.2. The van der Waals surface area contributed by atoms with Crippen molar-refractivity contribution in [3.8, 4) is 0 Å². The van der Waals surface area contributed by atoms with Crippen molar-refractivity contribution < 1.29 is 13.2 Å². The molecule has 170 valence electrons. The third-order valence-corrected chi connectivity index (χ3v) is 9.20. The lowest BCUT2D eigenvalue weighted by Gasteiger charge is -2.55. The molecule has 7 nitrogen and oxygen atoms in total. The molecular formula is C23H34N4O3S. The van der Waals surface area contributed by atoms with Gasteiger partial charge in [-0.2, -0.15) is 9.42 Å². The van der Waals surface area contributed by atoms with Crippen molar-refractivity contribution in [3.05, 3.63) is 22.7 Å². The van der Waals surface area contributed by atoms with Crippen LogP contribution < -0.4 is 5.32 Å². The first-order chi connectivity index (χ1) is 14.3. The average Bonchev–Trinajstić information content (AvgIpc) is 3.27. The second kappa shape index (κ2) is 6.50. The highest BCUT2D eigenvalue weighted by Gasteiger charge is 2.61. The average molecular weight is 447 g/mol. The van der Waals surface area contributed by atoms with Crippen LogP contribution in [-0.4, -0.2) is 43.4 Å². The maximum Gasteiger partial charge on any atom is 0.214 e. The van der Waals surface area contributed by atoms with Crippen molar-refractivity contribution >= 4 is 15.8 Å². The van der Waals surface area contributed by atoms with Crippen LogP contribution >= 0.6 is 0 Å². The number of carbonyl (C=O) groups is 1. The second-order valence-corrected chi connectivity index (χ2v) is 14.3. The zero-order chi connectivity index (χ0) is 22.4. The normalized spacial score (nSPS) is 29.7. The summed E-state index contributed by atoms with van der Waals surface area (Å²) in [6.45, 7) is 11.4. The highest BCUT2D eigenvalue weighted by molar-refractivity contribution is 7.89. The third-order valence-electron chi connectivity index (χ3n) is 7.26. The van der Waals surface area contributed by atoms with Crippen LogP contribution in [-0.2, 0) is 14.8 Å². The summed E-state index contributed by atoms with van der Waals surface area (Å²) < 4.78 is 27.6. The van der Waals surface area contributed by atoms with E-state index >= 15 is 0 Å². The number of azo groups is 1.